The van der Waals surface area contributed by atoms with Gasteiger partial charge in [0.05, 0.1) is 5.69 Å². The van der Waals surface area contributed by atoms with Crippen LogP contribution >= 0.6 is 0 Å². The maximum atomic E-state index is 13.8. The van der Waals surface area contributed by atoms with Gasteiger partial charge in [-0.25, -0.2) is 4.39 Å². The van der Waals surface area contributed by atoms with Crippen molar-refractivity contribution in [3.63, 3.8) is 0 Å². The molecule has 29 heavy (non-hydrogen) atoms. The number of halogens is 4. The van der Waals surface area contributed by atoms with Crippen LogP contribution in [0, 0.1) is 17.7 Å². The number of anilines is 1. The van der Waals surface area contributed by atoms with Gasteiger partial charge in [0, 0.05) is 19.2 Å². The van der Waals surface area contributed by atoms with Gasteiger partial charge in [-0.1, -0.05) is 12.1 Å². The van der Waals surface area contributed by atoms with Crippen molar-refractivity contribution in [2.24, 2.45) is 11.8 Å². The molecule has 2 aliphatic carbocycles. The van der Waals surface area contributed by atoms with Gasteiger partial charge < -0.3 is 5.32 Å². The average Bonchev–Trinajstić information content (AvgIpc) is 3.59. The SMILES string of the molecule is Fc1ccc([C@@H]2C[C@H]2CNc2ccn3c(CC4CC4)nnc3c2C(F)(F)F)cc1. The van der Waals surface area contributed by atoms with Gasteiger partial charge in [0.15, 0.2) is 5.65 Å². The molecular formula is C21H20F4N4. The molecule has 1 N–H and O–H groups in total. The van der Waals surface area contributed by atoms with Crippen molar-refractivity contribution in [3.8, 4) is 0 Å². The molecule has 152 valence electrons. The molecule has 0 saturated heterocycles. The van der Waals surface area contributed by atoms with Crippen molar-refractivity contribution in [1.29, 1.82) is 0 Å². The number of benzene rings is 1. The Bertz CT molecular complexity index is 1040. The van der Waals surface area contributed by atoms with E-state index in [0.717, 1.165) is 24.8 Å². The molecule has 4 nitrogen and oxygen atoms in total. The zero-order valence-electron chi connectivity index (χ0n) is 15.6. The molecule has 8 heteroatoms. The Balaban J connectivity index is 1.36. The molecule has 0 radical (unpaired) electrons. The van der Waals surface area contributed by atoms with E-state index in [0.29, 0.717) is 24.7 Å². The second-order valence-corrected chi connectivity index (χ2v) is 8.09. The molecule has 0 unspecified atom stereocenters. The number of aromatic nitrogens is 3. The predicted octanol–water partition coefficient (Wildman–Crippen LogP) is 5.06. The first kappa shape index (κ1) is 18.4. The van der Waals surface area contributed by atoms with Crippen LogP contribution in [-0.4, -0.2) is 21.1 Å². The molecule has 2 aliphatic rings. The van der Waals surface area contributed by atoms with Crippen LogP contribution in [0.1, 0.15) is 42.1 Å². The van der Waals surface area contributed by atoms with Crippen LogP contribution in [-0.2, 0) is 12.6 Å². The van der Waals surface area contributed by atoms with Crippen molar-refractivity contribution in [2.75, 3.05) is 11.9 Å². The Hall–Kier alpha value is -2.64. The Labute approximate surface area is 164 Å². The topological polar surface area (TPSA) is 42.2 Å². The molecule has 3 aromatic rings. The Kier molecular flexibility index (Phi) is 4.26. The molecule has 0 bridgehead atoms. The number of pyridine rings is 1. The van der Waals surface area contributed by atoms with Crippen molar-refractivity contribution in [2.45, 2.75) is 37.8 Å². The lowest BCUT2D eigenvalue weighted by atomic mass is 10.1. The molecule has 0 spiro atoms. The van der Waals surface area contributed by atoms with Crippen LogP contribution in [0.5, 0.6) is 0 Å². The van der Waals surface area contributed by atoms with Crippen molar-refractivity contribution in [1.82, 2.24) is 14.6 Å². The van der Waals surface area contributed by atoms with Gasteiger partial charge in [-0.05, 0) is 60.8 Å². The summed E-state index contributed by atoms with van der Waals surface area (Å²) in [4.78, 5) is 0. The first-order chi connectivity index (χ1) is 13.9. The van der Waals surface area contributed by atoms with Gasteiger partial charge in [-0.2, -0.15) is 13.2 Å². The van der Waals surface area contributed by atoms with Crippen LogP contribution in [0.3, 0.4) is 0 Å². The third-order valence-corrected chi connectivity index (χ3v) is 5.88. The van der Waals surface area contributed by atoms with Crippen LogP contribution in [0.2, 0.25) is 0 Å². The summed E-state index contributed by atoms with van der Waals surface area (Å²) >= 11 is 0. The van der Waals surface area contributed by atoms with Crippen molar-refractivity contribution >= 4 is 11.3 Å². The van der Waals surface area contributed by atoms with E-state index in [-0.39, 0.29) is 29.0 Å². The lowest BCUT2D eigenvalue weighted by molar-refractivity contribution is -0.136. The number of rotatable bonds is 6. The number of alkyl halides is 3. The third-order valence-electron chi connectivity index (χ3n) is 5.88. The second-order valence-electron chi connectivity index (χ2n) is 8.09. The minimum atomic E-state index is -4.53. The molecule has 5 rings (SSSR count). The van der Waals surface area contributed by atoms with Gasteiger partial charge in [-0.3, -0.25) is 4.40 Å². The summed E-state index contributed by atoms with van der Waals surface area (Å²) in [5, 5.41) is 10.8. The fourth-order valence-electron chi connectivity index (χ4n) is 3.98. The highest BCUT2D eigenvalue weighted by atomic mass is 19.4. The highest BCUT2D eigenvalue weighted by Gasteiger charge is 2.40. The lowest BCUT2D eigenvalue weighted by Gasteiger charge is -2.15. The molecule has 2 atom stereocenters. The standard InChI is InChI=1S/C21H20F4N4/c22-15-5-3-13(4-6-15)16-10-14(16)11-26-17-7-8-29-18(9-12-1-2-12)27-28-20(29)19(17)21(23,24)25/h3-8,12,14,16,26H,1-2,9-11H2/t14-,16-/m0/s1. The highest BCUT2D eigenvalue weighted by molar-refractivity contribution is 5.65. The van der Waals surface area contributed by atoms with E-state index in [1.165, 1.54) is 22.6 Å². The number of hydrogen-bond acceptors (Lipinski definition) is 3. The van der Waals surface area contributed by atoms with Crippen molar-refractivity contribution in [3.05, 3.63) is 59.3 Å². The molecule has 2 heterocycles. The van der Waals surface area contributed by atoms with E-state index in [1.807, 2.05) is 0 Å². The third kappa shape index (κ3) is 3.68. The van der Waals surface area contributed by atoms with Gasteiger partial charge >= 0.3 is 6.18 Å². The fourth-order valence-corrected chi connectivity index (χ4v) is 3.98. The first-order valence-electron chi connectivity index (χ1n) is 9.83. The van der Waals surface area contributed by atoms with Gasteiger partial charge in [0.2, 0.25) is 0 Å². The first-order valence-corrected chi connectivity index (χ1v) is 9.83. The summed E-state index contributed by atoms with van der Waals surface area (Å²) in [6.45, 7) is 0.421. The largest absolute Gasteiger partial charge is 0.422 e. The molecule has 0 aliphatic heterocycles. The van der Waals surface area contributed by atoms with E-state index in [1.54, 1.807) is 18.3 Å². The smallest absolute Gasteiger partial charge is 0.384 e. The van der Waals surface area contributed by atoms with Gasteiger partial charge in [-0.15, -0.1) is 10.2 Å². The maximum absolute atomic E-state index is 13.8. The molecule has 2 fully saturated rings. The van der Waals surface area contributed by atoms with Gasteiger partial charge in [0.1, 0.15) is 17.2 Å². The zero-order valence-corrected chi connectivity index (χ0v) is 15.6. The van der Waals surface area contributed by atoms with E-state index >= 15 is 0 Å². The van der Waals surface area contributed by atoms with E-state index in [4.69, 9.17) is 0 Å². The molecule has 2 saturated carbocycles. The summed E-state index contributed by atoms with van der Waals surface area (Å²) in [5.41, 5.74) is 0.129. The minimum absolute atomic E-state index is 0.0279. The molecule has 1 aromatic carbocycles. The number of nitrogens with one attached hydrogen (secondary N) is 1. The fraction of sp³-hybridized carbons (Fsp3) is 0.429. The van der Waals surface area contributed by atoms with E-state index in [2.05, 4.69) is 15.5 Å². The average molecular weight is 404 g/mol. The molecular weight excluding hydrogens is 384 g/mol. The summed E-state index contributed by atoms with van der Waals surface area (Å²) in [6.07, 6.45) is 0.809. The van der Waals surface area contributed by atoms with Gasteiger partial charge in [0.25, 0.3) is 0 Å². The predicted molar refractivity (Wildman–Crippen MR) is 100 cm³/mol. The number of fused-ring (bicyclic) bond motifs is 1. The summed E-state index contributed by atoms with van der Waals surface area (Å²) in [5.74, 6) is 1.27. The maximum Gasteiger partial charge on any atom is 0.422 e. The Morgan fingerprint density at radius 3 is 2.52 bits per heavy atom. The minimum Gasteiger partial charge on any atom is -0.384 e. The normalized spacial score (nSPS) is 21.5. The zero-order chi connectivity index (χ0) is 20.2. The monoisotopic (exact) mass is 404 g/mol. The van der Waals surface area contributed by atoms with Crippen LogP contribution in [0.4, 0.5) is 23.2 Å². The second kappa shape index (κ2) is 6.71. The summed E-state index contributed by atoms with van der Waals surface area (Å²) < 4.78 is 56.0. The quantitative estimate of drug-likeness (QED) is 0.585. The Morgan fingerprint density at radius 1 is 1.07 bits per heavy atom. The number of nitrogens with zero attached hydrogens (tertiary/aromatic N) is 3. The number of hydrogen-bond donors (Lipinski definition) is 1. The Morgan fingerprint density at radius 2 is 1.83 bits per heavy atom. The van der Waals surface area contributed by atoms with Crippen LogP contribution < -0.4 is 5.32 Å². The lowest BCUT2D eigenvalue weighted by Crippen LogP contribution is -2.15. The van der Waals surface area contributed by atoms with E-state index in [9.17, 15) is 17.6 Å². The molecule has 0 amide bonds. The van der Waals surface area contributed by atoms with E-state index < -0.39 is 11.7 Å². The van der Waals surface area contributed by atoms with Crippen molar-refractivity contribution < 1.29 is 17.6 Å². The summed E-state index contributed by atoms with van der Waals surface area (Å²) in [6, 6.07) is 7.77. The van der Waals surface area contributed by atoms with Crippen LogP contribution in [0.15, 0.2) is 36.5 Å². The van der Waals surface area contributed by atoms with Crippen LogP contribution in [0.25, 0.3) is 5.65 Å². The molecule has 2 aromatic heterocycles. The summed E-state index contributed by atoms with van der Waals surface area (Å²) in [7, 11) is 0. The highest BCUT2D eigenvalue weighted by Crippen LogP contribution is 2.48.